The molecule has 34 heavy (non-hydrogen) atoms. The molecule has 2 atom stereocenters. The van der Waals surface area contributed by atoms with Crippen molar-refractivity contribution in [2.75, 3.05) is 6.61 Å². The summed E-state index contributed by atoms with van der Waals surface area (Å²) >= 11 is 0. The molecule has 0 fully saturated rings. The molecule has 0 bridgehead atoms. The molecule has 0 unspecified atom stereocenters. The third-order valence-electron chi connectivity index (χ3n) is 6.28. The lowest BCUT2D eigenvalue weighted by molar-refractivity contribution is -0.143. The van der Waals surface area contributed by atoms with Gasteiger partial charge in [0.15, 0.2) is 17.3 Å². The highest BCUT2D eigenvalue weighted by atomic mass is 16.5. The van der Waals surface area contributed by atoms with E-state index in [1.807, 2.05) is 44.2 Å². The van der Waals surface area contributed by atoms with Crippen molar-refractivity contribution in [3.8, 4) is 11.5 Å². The van der Waals surface area contributed by atoms with Crippen LogP contribution in [-0.4, -0.2) is 29.6 Å². The number of carbonyl (C=O) groups excluding carboxylic acids is 2. The largest absolute Gasteiger partial charge is 0.504 e. The van der Waals surface area contributed by atoms with Crippen molar-refractivity contribution in [2.24, 2.45) is 0 Å². The van der Waals surface area contributed by atoms with E-state index in [1.54, 1.807) is 32.0 Å². The van der Waals surface area contributed by atoms with Crippen molar-refractivity contribution in [3.05, 3.63) is 82.2 Å². The average molecular weight is 462 g/mol. The smallest absolute Gasteiger partial charge is 0.337 e. The standard InChI is InChI=1S/C28H31NO5/c1-5-33-24-15-19(11-12-22(24)30)26-25(28(32)34-16(2)3)17(4)29-21-13-20(14-23(31)27(21)26)18-9-7-6-8-10-18/h6-12,15-16,20,26,29-30H,5,13-14H2,1-4H3/t20-,26+/m0/s1. The Kier molecular flexibility index (Phi) is 6.77. The second-order valence-corrected chi connectivity index (χ2v) is 9.04. The second-order valence-electron chi connectivity index (χ2n) is 9.04. The topological polar surface area (TPSA) is 84.9 Å². The number of hydrogen-bond donors (Lipinski definition) is 2. The maximum absolute atomic E-state index is 13.6. The number of hydrogen-bond acceptors (Lipinski definition) is 6. The number of carbonyl (C=O) groups is 2. The zero-order chi connectivity index (χ0) is 24.4. The van der Waals surface area contributed by atoms with Crippen LogP contribution in [0.5, 0.6) is 11.5 Å². The summed E-state index contributed by atoms with van der Waals surface area (Å²) < 4.78 is 11.2. The van der Waals surface area contributed by atoms with Crippen LogP contribution in [0.2, 0.25) is 0 Å². The van der Waals surface area contributed by atoms with Crippen LogP contribution in [0.3, 0.4) is 0 Å². The molecule has 6 heteroatoms. The van der Waals surface area contributed by atoms with Crippen LogP contribution < -0.4 is 10.1 Å². The summed E-state index contributed by atoms with van der Waals surface area (Å²) in [4.78, 5) is 26.8. The zero-order valence-electron chi connectivity index (χ0n) is 20.1. The van der Waals surface area contributed by atoms with Crippen molar-refractivity contribution in [1.29, 1.82) is 0 Å². The molecule has 2 aromatic rings. The summed E-state index contributed by atoms with van der Waals surface area (Å²) in [6.07, 6.45) is 0.734. The highest BCUT2D eigenvalue weighted by Gasteiger charge is 2.41. The van der Waals surface area contributed by atoms with E-state index in [4.69, 9.17) is 9.47 Å². The molecule has 6 nitrogen and oxygen atoms in total. The van der Waals surface area contributed by atoms with Gasteiger partial charge in [-0.1, -0.05) is 36.4 Å². The number of phenols is 1. The van der Waals surface area contributed by atoms with E-state index >= 15 is 0 Å². The quantitative estimate of drug-likeness (QED) is 0.582. The first kappa shape index (κ1) is 23.6. The van der Waals surface area contributed by atoms with Gasteiger partial charge in [-0.2, -0.15) is 0 Å². The van der Waals surface area contributed by atoms with Gasteiger partial charge in [-0.25, -0.2) is 4.79 Å². The Bertz CT molecular complexity index is 1160. The number of rotatable bonds is 6. The molecule has 1 aliphatic carbocycles. The summed E-state index contributed by atoms with van der Waals surface area (Å²) in [5.41, 5.74) is 4.32. The van der Waals surface area contributed by atoms with Gasteiger partial charge < -0.3 is 19.9 Å². The van der Waals surface area contributed by atoms with E-state index in [1.165, 1.54) is 0 Å². The Hall–Kier alpha value is -3.54. The van der Waals surface area contributed by atoms with Crippen molar-refractivity contribution in [3.63, 3.8) is 0 Å². The molecule has 1 aliphatic heterocycles. The number of aromatic hydroxyl groups is 1. The molecule has 0 radical (unpaired) electrons. The predicted octanol–water partition coefficient (Wildman–Crippen LogP) is 5.10. The molecule has 0 spiro atoms. The van der Waals surface area contributed by atoms with E-state index in [2.05, 4.69) is 5.32 Å². The Morgan fingerprint density at radius 2 is 1.85 bits per heavy atom. The molecule has 0 amide bonds. The first-order valence-electron chi connectivity index (χ1n) is 11.8. The summed E-state index contributed by atoms with van der Waals surface area (Å²) in [6.45, 7) is 7.66. The Morgan fingerprint density at radius 1 is 1.12 bits per heavy atom. The van der Waals surface area contributed by atoms with Crippen molar-refractivity contribution in [1.82, 2.24) is 5.32 Å². The van der Waals surface area contributed by atoms with Gasteiger partial charge in [-0.15, -0.1) is 0 Å². The fraction of sp³-hybridized carbons (Fsp3) is 0.357. The van der Waals surface area contributed by atoms with E-state index in [-0.39, 0.29) is 23.6 Å². The van der Waals surface area contributed by atoms with Gasteiger partial charge in [0.2, 0.25) is 0 Å². The lowest BCUT2D eigenvalue weighted by Gasteiger charge is -2.37. The number of benzene rings is 2. The summed E-state index contributed by atoms with van der Waals surface area (Å²) in [5.74, 6) is -0.662. The molecule has 178 valence electrons. The minimum atomic E-state index is -0.605. The Labute approximate surface area is 200 Å². The van der Waals surface area contributed by atoms with Gasteiger partial charge >= 0.3 is 5.97 Å². The first-order valence-corrected chi connectivity index (χ1v) is 11.8. The zero-order valence-corrected chi connectivity index (χ0v) is 20.1. The first-order chi connectivity index (χ1) is 16.3. The SMILES string of the molecule is CCOc1cc([C@@H]2C(C(=O)OC(C)C)=C(C)NC3=C2C(=O)C[C@@H](c2ccccc2)C3)ccc1O. The van der Waals surface area contributed by atoms with Crippen molar-refractivity contribution >= 4 is 11.8 Å². The van der Waals surface area contributed by atoms with Gasteiger partial charge in [-0.3, -0.25) is 4.79 Å². The van der Waals surface area contributed by atoms with E-state index in [0.29, 0.717) is 47.6 Å². The monoisotopic (exact) mass is 461 g/mol. The van der Waals surface area contributed by atoms with Crippen LogP contribution in [-0.2, 0) is 14.3 Å². The lowest BCUT2D eigenvalue weighted by Crippen LogP contribution is -2.36. The van der Waals surface area contributed by atoms with Crippen LogP contribution in [0.25, 0.3) is 0 Å². The third-order valence-corrected chi connectivity index (χ3v) is 6.28. The molecule has 4 rings (SSSR count). The number of phenolic OH excluding ortho intramolecular Hbond substituents is 1. The molecule has 0 saturated carbocycles. The van der Waals surface area contributed by atoms with Gasteiger partial charge in [0, 0.05) is 29.3 Å². The van der Waals surface area contributed by atoms with E-state index < -0.39 is 11.9 Å². The maximum Gasteiger partial charge on any atom is 0.337 e. The normalized spacial score (nSPS) is 20.2. The van der Waals surface area contributed by atoms with E-state index in [0.717, 1.165) is 11.3 Å². The number of dihydropyridines is 1. The number of ether oxygens (including phenoxy) is 2. The maximum atomic E-state index is 13.6. The van der Waals surface area contributed by atoms with E-state index in [9.17, 15) is 14.7 Å². The fourth-order valence-electron chi connectivity index (χ4n) is 4.86. The number of allylic oxidation sites excluding steroid dienone is 3. The van der Waals surface area contributed by atoms with Crippen LogP contribution >= 0.6 is 0 Å². The summed E-state index contributed by atoms with van der Waals surface area (Å²) in [6, 6.07) is 15.0. The summed E-state index contributed by atoms with van der Waals surface area (Å²) in [7, 11) is 0. The van der Waals surface area contributed by atoms with Gasteiger partial charge in [0.1, 0.15) is 0 Å². The number of Topliss-reactive ketones (excluding diaryl/α,β-unsaturated/α-hetero) is 1. The molecule has 2 aromatic carbocycles. The van der Waals surface area contributed by atoms with Crippen LogP contribution in [0.15, 0.2) is 71.1 Å². The summed E-state index contributed by atoms with van der Waals surface area (Å²) in [5, 5.41) is 13.6. The fourth-order valence-corrected chi connectivity index (χ4v) is 4.86. The highest BCUT2D eigenvalue weighted by molar-refractivity contribution is 6.04. The molecule has 0 saturated heterocycles. The van der Waals surface area contributed by atoms with Crippen molar-refractivity contribution in [2.45, 2.75) is 58.5 Å². The third kappa shape index (κ3) is 4.58. The molecule has 1 heterocycles. The molecule has 2 aliphatic rings. The van der Waals surface area contributed by atoms with Gasteiger partial charge in [0.05, 0.1) is 18.3 Å². The molecule has 2 N–H and O–H groups in total. The second kappa shape index (κ2) is 9.75. The van der Waals surface area contributed by atoms with Gasteiger partial charge in [0.25, 0.3) is 0 Å². The number of ketones is 1. The van der Waals surface area contributed by atoms with Crippen LogP contribution in [0, 0.1) is 0 Å². The minimum absolute atomic E-state index is 0.000912. The number of esters is 1. The van der Waals surface area contributed by atoms with Crippen LogP contribution in [0.1, 0.15) is 63.5 Å². The Morgan fingerprint density at radius 3 is 2.53 bits per heavy atom. The minimum Gasteiger partial charge on any atom is -0.504 e. The molecular weight excluding hydrogens is 430 g/mol. The number of nitrogens with one attached hydrogen (secondary N) is 1. The Balaban J connectivity index is 1.83. The predicted molar refractivity (Wildman–Crippen MR) is 130 cm³/mol. The molecule has 0 aromatic heterocycles. The average Bonchev–Trinajstić information content (AvgIpc) is 2.79. The van der Waals surface area contributed by atoms with Gasteiger partial charge in [-0.05, 0) is 63.3 Å². The van der Waals surface area contributed by atoms with Crippen LogP contribution in [0.4, 0.5) is 0 Å². The lowest BCUT2D eigenvalue weighted by atomic mass is 9.71. The van der Waals surface area contributed by atoms with Crippen molar-refractivity contribution < 1.29 is 24.2 Å². The highest BCUT2D eigenvalue weighted by Crippen LogP contribution is 2.47. The molecular formula is C28H31NO5.